The van der Waals surface area contributed by atoms with Crippen LogP contribution in [-0.4, -0.2) is 22.8 Å². The van der Waals surface area contributed by atoms with Crippen LogP contribution in [0.3, 0.4) is 0 Å². The molecule has 102 valence electrons. The van der Waals surface area contributed by atoms with Crippen molar-refractivity contribution in [3.05, 3.63) is 41.7 Å². The van der Waals surface area contributed by atoms with Gasteiger partial charge in [-0.2, -0.15) is 8.42 Å². The fourth-order valence-corrected chi connectivity index (χ4v) is 3.09. The monoisotopic (exact) mass is 279 g/mol. The van der Waals surface area contributed by atoms with Crippen LogP contribution in [0.25, 0.3) is 0 Å². The van der Waals surface area contributed by atoms with E-state index < -0.39 is 10.0 Å². The van der Waals surface area contributed by atoms with Crippen LogP contribution < -0.4 is 0 Å². The van der Waals surface area contributed by atoms with Gasteiger partial charge >= 0.3 is 0 Å². The van der Waals surface area contributed by atoms with Crippen molar-refractivity contribution in [1.29, 1.82) is 0 Å². The highest BCUT2D eigenvalue weighted by Crippen LogP contribution is 2.24. The molecule has 2 aromatic rings. The highest BCUT2D eigenvalue weighted by molar-refractivity contribution is 7.89. The SMILES string of the molecule is Cc1ccc(S(=O)(=O)n2nncc2C(C)(C)C)cc1. The number of benzene rings is 1. The molecule has 19 heavy (non-hydrogen) atoms. The summed E-state index contributed by atoms with van der Waals surface area (Å²) < 4.78 is 26.1. The van der Waals surface area contributed by atoms with Gasteiger partial charge in [-0.3, -0.25) is 0 Å². The molecule has 0 aliphatic rings. The summed E-state index contributed by atoms with van der Waals surface area (Å²) in [4.78, 5) is 0.217. The largest absolute Gasteiger partial charge is 0.284 e. The normalized spacial score (nSPS) is 12.6. The summed E-state index contributed by atoms with van der Waals surface area (Å²) in [5.74, 6) is 0. The lowest BCUT2D eigenvalue weighted by Gasteiger charge is -2.18. The lowest BCUT2D eigenvalue weighted by atomic mass is 9.93. The zero-order valence-corrected chi connectivity index (χ0v) is 12.3. The third-order valence-electron chi connectivity index (χ3n) is 2.83. The number of rotatable bonds is 2. The number of hydrogen-bond donors (Lipinski definition) is 0. The Labute approximate surface area is 113 Å². The minimum Gasteiger partial charge on any atom is -0.199 e. The van der Waals surface area contributed by atoms with E-state index in [1.807, 2.05) is 27.7 Å². The van der Waals surface area contributed by atoms with Crippen molar-refractivity contribution in [2.45, 2.75) is 38.0 Å². The summed E-state index contributed by atoms with van der Waals surface area (Å²) in [6.45, 7) is 7.68. The highest BCUT2D eigenvalue weighted by Gasteiger charge is 2.27. The standard InChI is InChI=1S/C13H17N3O2S/c1-10-5-7-11(8-6-10)19(17,18)16-12(9-14-15-16)13(2,3)4/h5-9H,1-4H3. The van der Waals surface area contributed by atoms with Crippen LogP contribution >= 0.6 is 0 Å². The number of nitrogens with zero attached hydrogens (tertiary/aromatic N) is 3. The van der Waals surface area contributed by atoms with E-state index in [1.54, 1.807) is 24.3 Å². The van der Waals surface area contributed by atoms with Gasteiger partial charge in [0.15, 0.2) is 0 Å². The maximum Gasteiger partial charge on any atom is 0.284 e. The van der Waals surface area contributed by atoms with Gasteiger partial charge < -0.3 is 0 Å². The first kappa shape index (κ1) is 13.7. The molecule has 1 aromatic carbocycles. The molecule has 0 saturated carbocycles. The van der Waals surface area contributed by atoms with E-state index >= 15 is 0 Å². The minimum absolute atomic E-state index is 0.217. The van der Waals surface area contributed by atoms with Crippen molar-refractivity contribution in [2.75, 3.05) is 0 Å². The molecule has 0 aliphatic heterocycles. The Morgan fingerprint density at radius 1 is 1.11 bits per heavy atom. The summed E-state index contributed by atoms with van der Waals surface area (Å²) in [6, 6.07) is 6.69. The van der Waals surface area contributed by atoms with Gasteiger partial charge in [0, 0.05) is 5.41 Å². The smallest absolute Gasteiger partial charge is 0.199 e. The van der Waals surface area contributed by atoms with Crippen LogP contribution in [0.2, 0.25) is 0 Å². The number of aryl methyl sites for hydroxylation is 1. The molecule has 0 unspecified atom stereocenters. The Morgan fingerprint density at radius 2 is 1.68 bits per heavy atom. The maximum absolute atomic E-state index is 12.5. The van der Waals surface area contributed by atoms with Crippen LogP contribution in [0.1, 0.15) is 32.0 Å². The van der Waals surface area contributed by atoms with Crippen molar-refractivity contribution < 1.29 is 8.42 Å². The van der Waals surface area contributed by atoms with Crippen LogP contribution in [-0.2, 0) is 15.4 Å². The van der Waals surface area contributed by atoms with Gasteiger partial charge in [-0.1, -0.05) is 43.7 Å². The van der Waals surface area contributed by atoms with Gasteiger partial charge in [0.05, 0.1) is 16.8 Å². The molecule has 2 rings (SSSR count). The summed E-state index contributed by atoms with van der Waals surface area (Å²) in [5, 5.41) is 7.46. The van der Waals surface area contributed by atoms with Gasteiger partial charge in [0.1, 0.15) is 0 Å². The average Bonchev–Trinajstić information content (AvgIpc) is 2.78. The van der Waals surface area contributed by atoms with Crippen LogP contribution in [0.15, 0.2) is 35.4 Å². The second kappa shape index (κ2) is 4.45. The first-order valence-electron chi connectivity index (χ1n) is 5.96. The highest BCUT2D eigenvalue weighted by atomic mass is 32.2. The third-order valence-corrected chi connectivity index (χ3v) is 4.43. The van der Waals surface area contributed by atoms with Crippen LogP contribution in [0.5, 0.6) is 0 Å². The fraction of sp³-hybridized carbons (Fsp3) is 0.385. The van der Waals surface area contributed by atoms with Crippen molar-refractivity contribution in [1.82, 2.24) is 14.4 Å². The van der Waals surface area contributed by atoms with E-state index in [2.05, 4.69) is 10.3 Å². The molecule has 0 aliphatic carbocycles. The second-order valence-electron chi connectivity index (χ2n) is 5.53. The molecule has 0 saturated heterocycles. The van der Waals surface area contributed by atoms with E-state index in [0.29, 0.717) is 5.69 Å². The topological polar surface area (TPSA) is 64.8 Å². The zero-order chi connectivity index (χ0) is 14.3. The van der Waals surface area contributed by atoms with E-state index in [0.717, 1.165) is 9.65 Å². The van der Waals surface area contributed by atoms with Gasteiger partial charge in [-0.25, -0.2) is 0 Å². The van der Waals surface area contributed by atoms with E-state index in [4.69, 9.17) is 0 Å². The molecule has 1 aromatic heterocycles. The Morgan fingerprint density at radius 3 is 2.21 bits per heavy atom. The molecule has 6 heteroatoms. The third kappa shape index (κ3) is 2.53. The summed E-state index contributed by atoms with van der Waals surface area (Å²) in [7, 11) is -3.68. The molecule has 1 heterocycles. The van der Waals surface area contributed by atoms with E-state index in [1.165, 1.54) is 6.20 Å². The van der Waals surface area contributed by atoms with Crippen molar-refractivity contribution in [3.63, 3.8) is 0 Å². The number of hydrogen-bond acceptors (Lipinski definition) is 4. The molecule has 0 spiro atoms. The quantitative estimate of drug-likeness (QED) is 0.844. The van der Waals surface area contributed by atoms with Crippen LogP contribution in [0.4, 0.5) is 0 Å². The fourth-order valence-electron chi connectivity index (χ4n) is 1.69. The second-order valence-corrected chi connectivity index (χ2v) is 7.30. The molecule has 5 nitrogen and oxygen atoms in total. The van der Waals surface area contributed by atoms with Crippen molar-refractivity contribution >= 4 is 10.0 Å². The number of aromatic nitrogens is 3. The van der Waals surface area contributed by atoms with Gasteiger partial charge in [0.2, 0.25) is 0 Å². The summed E-state index contributed by atoms with van der Waals surface area (Å²) >= 11 is 0. The molecule has 0 radical (unpaired) electrons. The Kier molecular flexibility index (Phi) is 3.22. The molecule has 0 fully saturated rings. The molecular formula is C13H17N3O2S. The Hall–Kier alpha value is -1.69. The molecule has 0 atom stereocenters. The van der Waals surface area contributed by atoms with E-state index in [9.17, 15) is 8.42 Å². The lowest BCUT2D eigenvalue weighted by Crippen LogP contribution is -2.24. The predicted octanol–water partition coefficient (Wildman–Crippen LogP) is 2.12. The van der Waals surface area contributed by atoms with Gasteiger partial charge in [-0.05, 0) is 19.1 Å². The van der Waals surface area contributed by atoms with Crippen molar-refractivity contribution in [2.24, 2.45) is 0 Å². The minimum atomic E-state index is -3.68. The predicted molar refractivity (Wildman–Crippen MR) is 72.5 cm³/mol. The van der Waals surface area contributed by atoms with Gasteiger partial charge in [0.25, 0.3) is 10.0 Å². The van der Waals surface area contributed by atoms with E-state index in [-0.39, 0.29) is 10.3 Å². The first-order chi connectivity index (χ1) is 8.73. The molecule has 0 amide bonds. The average molecular weight is 279 g/mol. The lowest BCUT2D eigenvalue weighted by molar-refractivity contribution is 0.530. The summed E-state index contributed by atoms with van der Waals surface area (Å²) in [6.07, 6.45) is 1.49. The maximum atomic E-state index is 12.5. The van der Waals surface area contributed by atoms with Crippen molar-refractivity contribution in [3.8, 4) is 0 Å². The Balaban J connectivity index is 2.58. The Bertz CT molecular complexity index is 679. The first-order valence-corrected chi connectivity index (χ1v) is 7.40. The zero-order valence-electron chi connectivity index (χ0n) is 11.5. The molecular weight excluding hydrogens is 262 g/mol. The molecule has 0 bridgehead atoms. The van der Waals surface area contributed by atoms with Gasteiger partial charge in [-0.15, -0.1) is 9.19 Å². The summed E-state index contributed by atoms with van der Waals surface area (Å²) in [5.41, 5.74) is 1.23. The van der Waals surface area contributed by atoms with Crippen LogP contribution in [0, 0.1) is 6.92 Å². The molecule has 0 N–H and O–H groups in total.